The Bertz CT molecular complexity index is 933. The van der Waals surface area contributed by atoms with Gasteiger partial charge in [0.1, 0.15) is 5.75 Å². The maximum absolute atomic E-state index is 12.6. The molecule has 0 aliphatic carbocycles. The first-order valence-corrected chi connectivity index (χ1v) is 7.83. The fourth-order valence-corrected chi connectivity index (χ4v) is 2.68. The van der Waals surface area contributed by atoms with Crippen LogP contribution in [0.3, 0.4) is 0 Å². The van der Waals surface area contributed by atoms with Gasteiger partial charge in [0.25, 0.3) is 5.91 Å². The van der Waals surface area contributed by atoms with Gasteiger partial charge in [0.05, 0.1) is 12.7 Å². The van der Waals surface area contributed by atoms with Crippen molar-refractivity contribution in [3.8, 4) is 5.75 Å². The van der Waals surface area contributed by atoms with E-state index in [0.717, 1.165) is 10.8 Å². The molecule has 0 aliphatic heterocycles. The fraction of sp³-hybridized carbons (Fsp3) is 0.100. The summed E-state index contributed by atoms with van der Waals surface area (Å²) in [7, 11) is 1.56. The number of carbonyl (C=O) groups excluding carboxylic acids is 2. The molecule has 0 saturated heterocycles. The van der Waals surface area contributed by atoms with Gasteiger partial charge in [-0.15, -0.1) is 0 Å². The number of hydrogen-bond donors (Lipinski definition) is 2. The molecule has 126 valence electrons. The minimum atomic E-state index is -0.255. The zero-order valence-electron chi connectivity index (χ0n) is 14.0. The molecule has 0 fully saturated rings. The smallest absolute Gasteiger partial charge is 0.259 e. The predicted octanol–water partition coefficient (Wildman–Crippen LogP) is 4.06. The van der Waals surface area contributed by atoms with E-state index in [4.69, 9.17) is 4.74 Å². The van der Waals surface area contributed by atoms with Crippen molar-refractivity contribution in [1.82, 2.24) is 0 Å². The predicted molar refractivity (Wildman–Crippen MR) is 99.2 cm³/mol. The maximum atomic E-state index is 12.6. The molecule has 3 aromatic rings. The van der Waals surface area contributed by atoms with Gasteiger partial charge < -0.3 is 15.4 Å². The Kier molecular flexibility index (Phi) is 4.66. The van der Waals surface area contributed by atoms with Crippen LogP contribution in [-0.4, -0.2) is 18.9 Å². The Morgan fingerprint density at radius 3 is 2.12 bits per heavy atom. The van der Waals surface area contributed by atoms with Gasteiger partial charge in [-0.2, -0.15) is 0 Å². The number of hydrogen-bond acceptors (Lipinski definition) is 3. The molecule has 0 aliphatic rings. The second-order valence-electron chi connectivity index (χ2n) is 5.58. The topological polar surface area (TPSA) is 67.4 Å². The van der Waals surface area contributed by atoms with E-state index in [1.165, 1.54) is 6.92 Å². The molecule has 3 rings (SSSR count). The molecular formula is C20H18N2O3. The normalized spacial score (nSPS) is 10.3. The second-order valence-corrected chi connectivity index (χ2v) is 5.58. The van der Waals surface area contributed by atoms with E-state index in [0.29, 0.717) is 22.7 Å². The minimum Gasteiger partial charge on any atom is -0.495 e. The Labute approximate surface area is 145 Å². The highest BCUT2D eigenvalue weighted by molar-refractivity contribution is 6.10. The highest BCUT2D eigenvalue weighted by atomic mass is 16.5. The van der Waals surface area contributed by atoms with Gasteiger partial charge in [0.15, 0.2) is 0 Å². The summed E-state index contributed by atoms with van der Waals surface area (Å²) in [6, 6.07) is 18.3. The van der Waals surface area contributed by atoms with Gasteiger partial charge in [-0.3, -0.25) is 9.59 Å². The average Bonchev–Trinajstić information content (AvgIpc) is 2.61. The zero-order chi connectivity index (χ0) is 17.8. The van der Waals surface area contributed by atoms with Crippen LogP contribution in [0.4, 0.5) is 11.4 Å². The first-order chi connectivity index (χ1) is 12.1. The average molecular weight is 334 g/mol. The fourth-order valence-electron chi connectivity index (χ4n) is 2.68. The molecule has 2 amide bonds. The third-order valence-corrected chi connectivity index (χ3v) is 3.79. The summed E-state index contributed by atoms with van der Waals surface area (Å²) in [5.74, 6) is 0.151. The molecule has 0 aromatic heterocycles. The number of benzene rings is 3. The molecule has 0 atom stereocenters. The van der Waals surface area contributed by atoms with E-state index in [-0.39, 0.29) is 11.8 Å². The second kappa shape index (κ2) is 7.05. The lowest BCUT2D eigenvalue weighted by atomic mass is 10.0. The van der Waals surface area contributed by atoms with Crippen LogP contribution < -0.4 is 15.4 Å². The molecule has 5 heteroatoms. The summed E-state index contributed by atoms with van der Waals surface area (Å²) in [6.45, 7) is 1.45. The zero-order valence-corrected chi connectivity index (χ0v) is 14.0. The number of fused-ring (bicyclic) bond motifs is 1. The summed E-state index contributed by atoms with van der Waals surface area (Å²) < 4.78 is 5.47. The molecule has 0 bridgehead atoms. The van der Waals surface area contributed by atoms with Crippen molar-refractivity contribution in [3.05, 3.63) is 66.2 Å². The van der Waals surface area contributed by atoms with Gasteiger partial charge in [-0.1, -0.05) is 30.3 Å². The van der Waals surface area contributed by atoms with E-state index < -0.39 is 0 Å². The van der Waals surface area contributed by atoms with Crippen LogP contribution in [0.2, 0.25) is 0 Å². The standard InChI is InChI=1S/C20H18N2O3/c1-13(23)21-15-8-10-16(11-9-15)22-20(24)18-12-7-14-5-3-4-6-17(14)19(18)25-2/h3-12H,1-2H3,(H,21,23)(H,22,24). The lowest BCUT2D eigenvalue weighted by Gasteiger charge is -2.12. The highest BCUT2D eigenvalue weighted by Crippen LogP contribution is 2.30. The lowest BCUT2D eigenvalue weighted by molar-refractivity contribution is -0.114. The number of carbonyl (C=O) groups is 2. The van der Waals surface area contributed by atoms with Crippen LogP contribution >= 0.6 is 0 Å². The highest BCUT2D eigenvalue weighted by Gasteiger charge is 2.15. The molecular weight excluding hydrogens is 316 g/mol. The third-order valence-electron chi connectivity index (χ3n) is 3.79. The monoisotopic (exact) mass is 334 g/mol. The molecule has 5 nitrogen and oxygen atoms in total. The third kappa shape index (κ3) is 3.61. The van der Waals surface area contributed by atoms with Crippen molar-refractivity contribution in [2.45, 2.75) is 6.92 Å². The van der Waals surface area contributed by atoms with Gasteiger partial charge in [-0.25, -0.2) is 0 Å². The Morgan fingerprint density at radius 1 is 0.840 bits per heavy atom. The minimum absolute atomic E-state index is 0.141. The van der Waals surface area contributed by atoms with Crippen LogP contribution in [0.25, 0.3) is 10.8 Å². The first kappa shape index (κ1) is 16.5. The van der Waals surface area contributed by atoms with Crippen LogP contribution in [0.15, 0.2) is 60.7 Å². The number of nitrogens with one attached hydrogen (secondary N) is 2. The molecule has 0 unspecified atom stereocenters. The van der Waals surface area contributed by atoms with Crippen molar-refractivity contribution >= 4 is 34.0 Å². The number of ether oxygens (including phenoxy) is 1. The van der Waals surface area contributed by atoms with E-state index >= 15 is 0 Å². The number of rotatable bonds is 4. The Hall–Kier alpha value is -3.34. The van der Waals surface area contributed by atoms with Crippen LogP contribution in [-0.2, 0) is 4.79 Å². The van der Waals surface area contributed by atoms with Crippen molar-refractivity contribution in [1.29, 1.82) is 0 Å². The van der Waals surface area contributed by atoms with E-state index in [9.17, 15) is 9.59 Å². The Balaban J connectivity index is 1.86. The summed E-state index contributed by atoms with van der Waals surface area (Å²) in [5, 5.41) is 7.43. The van der Waals surface area contributed by atoms with Crippen molar-refractivity contribution in [2.75, 3.05) is 17.7 Å². The lowest BCUT2D eigenvalue weighted by Crippen LogP contribution is -2.13. The molecule has 0 spiro atoms. The molecule has 2 N–H and O–H groups in total. The summed E-state index contributed by atoms with van der Waals surface area (Å²) >= 11 is 0. The number of anilines is 2. The van der Waals surface area contributed by atoms with Gasteiger partial charge in [0, 0.05) is 23.7 Å². The van der Waals surface area contributed by atoms with Crippen LogP contribution in [0.5, 0.6) is 5.75 Å². The van der Waals surface area contributed by atoms with Crippen LogP contribution in [0, 0.1) is 0 Å². The summed E-state index contributed by atoms with van der Waals surface area (Å²) in [6.07, 6.45) is 0. The SMILES string of the molecule is COc1c(C(=O)Nc2ccc(NC(C)=O)cc2)ccc2ccccc12. The van der Waals surface area contributed by atoms with Gasteiger partial charge >= 0.3 is 0 Å². The number of amides is 2. The summed E-state index contributed by atoms with van der Waals surface area (Å²) in [4.78, 5) is 23.7. The van der Waals surface area contributed by atoms with E-state index in [2.05, 4.69) is 10.6 Å². The van der Waals surface area contributed by atoms with Crippen molar-refractivity contribution in [3.63, 3.8) is 0 Å². The molecule has 3 aromatic carbocycles. The first-order valence-electron chi connectivity index (χ1n) is 7.83. The molecule has 0 heterocycles. The van der Waals surface area contributed by atoms with Gasteiger partial charge in [-0.05, 0) is 35.7 Å². The van der Waals surface area contributed by atoms with Crippen LogP contribution in [0.1, 0.15) is 17.3 Å². The van der Waals surface area contributed by atoms with Crippen molar-refractivity contribution < 1.29 is 14.3 Å². The maximum Gasteiger partial charge on any atom is 0.259 e. The summed E-state index contributed by atoms with van der Waals surface area (Å²) in [5.41, 5.74) is 1.77. The molecule has 0 radical (unpaired) electrons. The molecule has 0 saturated carbocycles. The van der Waals surface area contributed by atoms with Crippen molar-refractivity contribution in [2.24, 2.45) is 0 Å². The molecule has 25 heavy (non-hydrogen) atoms. The van der Waals surface area contributed by atoms with E-state index in [1.807, 2.05) is 30.3 Å². The largest absolute Gasteiger partial charge is 0.495 e. The Morgan fingerprint density at radius 2 is 1.48 bits per heavy atom. The number of methoxy groups -OCH3 is 1. The van der Waals surface area contributed by atoms with E-state index in [1.54, 1.807) is 37.4 Å². The quantitative estimate of drug-likeness (QED) is 0.756. The van der Waals surface area contributed by atoms with Gasteiger partial charge in [0.2, 0.25) is 5.91 Å².